The number of carbonyl (C=O) groups is 1. The molecule has 1 aromatic carbocycles. The van der Waals surface area contributed by atoms with E-state index in [2.05, 4.69) is 30.9 Å². The lowest BCUT2D eigenvalue weighted by Crippen LogP contribution is -2.46. The molecule has 1 aromatic rings. The Morgan fingerprint density at radius 2 is 1.86 bits per heavy atom. The summed E-state index contributed by atoms with van der Waals surface area (Å²) in [6, 6.07) is 6.92. The molecule has 2 aliphatic rings. The lowest BCUT2D eigenvalue weighted by molar-refractivity contribution is 0.120. The molecule has 1 unspecified atom stereocenters. The second-order valence-electron chi connectivity index (χ2n) is 8.23. The zero-order chi connectivity index (χ0) is 20.1. The van der Waals surface area contributed by atoms with Crippen LogP contribution < -0.4 is 9.47 Å². The molecule has 1 atom stereocenters. The van der Waals surface area contributed by atoms with E-state index >= 15 is 0 Å². The number of hydrogen-bond acceptors (Lipinski definition) is 4. The summed E-state index contributed by atoms with van der Waals surface area (Å²) in [4.78, 5) is 18.3. The topological polar surface area (TPSA) is 45.2 Å². The Bertz CT molecular complexity index is 656. The predicted octanol–water partition coefficient (Wildman–Crippen LogP) is 3.10. The fourth-order valence-corrected chi connectivity index (χ4v) is 4.23. The van der Waals surface area contributed by atoms with Crippen LogP contribution in [0, 0.1) is 5.92 Å². The zero-order valence-electron chi connectivity index (χ0n) is 17.8. The normalized spacial score (nSPS) is 18.2. The number of hydrogen-bond donors (Lipinski definition) is 0. The molecule has 1 saturated heterocycles. The van der Waals surface area contributed by atoms with Crippen molar-refractivity contribution in [2.24, 2.45) is 5.92 Å². The zero-order valence-corrected chi connectivity index (χ0v) is 17.8. The molecule has 156 valence electrons. The van der Waals surface area contributed by atoms with E-state index < -0.39 is 0 Å². The van der Waals surface area contributed by atoms with Crippen LogP contribution in [0.2, 0.25) is 0 Å². The van der Waals surface area contributed by atoms with Gasteiger partial charge in [-0.05, 0) is 56.3 Å². The van der Waals surface area contributed by atoms with Gasteiger partial charge in [-0.25, -0.2) is 4.79 Å². The molecule has 0 radical (unpaired) electrons. The molecule has 0 aliphatic carbocycles. The molecule has 0 bridgehead atoms. The second-order valence-corrected chi connectivity index (χ2v) is 8.23. The van der Waals surface area contributed by atoms with Crippen molar-refractivity contribution in [3.05, 3.63) is 23.8 Å². The Balaban J connectivity index is 1.51. The largest absolute Gasteiger partial charge is 0.486 e. The number of fused-ring (bicyclic) bond motifs is 1. The summed E-state index contributed by atoms with van der Waals surface area (Å²) in [5.41, 5.74) is 1.29. The molecule has 0 spiro atoms. The van der Waals surface area contributed by atoms with Crippen LogP contribution in [-0.4, -0.2) is 80.3 Å². The van der Waals surface area contributed by atoms with Crippen molar-refractivity contribution in [1.29, 1.82) is 0 Å². The molecule has 2 aliphatic heterocycles. The molecule has 0 N–H and O–H groups in total. The number of nitrogens with zero attached hydrogens (tertiary/aromatic N) is 3. The SMILES string of the molecule is CCN(CC1CCN(C(=O)N(C)C)CC1)C(C)Cc1ccc2c(c1)OCCO2. The van der Waals surface area contributed by atoms with Crippen LogP contribution in [0.25, 0.3) is 0 Å². The van der Waals surface area contributed by atoms with Crippen LogP contribution in [0.3, 0.4) is 0 Å². The average Bonchev–Trinajstić information content (AvgIpc) is 2.71. The number of amides is 2. The lowest BCUT2D eigenvalue weighted by atomic mass is 9.95. The van der Waals surface area contributed by atoms with Crippen molar-refractivity contribution < 1.29 is 14.3 Å². The van der Waals surface area contributed by atoms with Gasteiger partial charge in [-0.15, -0.1) is 0 Å². The van der Waals surface area contributed by atoms with E-state index in [1.807, 2.05) is 25.1 Å². The molecule has 0 saturated carbocycles. The first-order valence-corrected chi connectivity index (χ1v) is 10.6. The fourth-order valence-electron chi connectivity index (χ4n) is 4.23. The standard InChI is InChI=1S/C22H35N3O3/c1-5-24(16-18-8-10-25(11-9-18)22(26)23(3)4)17(2)14-19-6-7-20-21(15-19)28-13-12-27-20/h6-7,15,17-18H,5,8-14,16H2,1-4H3. The summed E-state index contributed by atoms with van der Waals surface area (Å²) < 4.78 is 11.4. The van der Waals surface area contributed by atoms with Crippen molar-refractivity contribution in [2.75, 3.05) is 53.5 Å². The van der Waals surface area contributed by atoms with Gasteiger partial charge in [-0.1, -0.05) is 13.0 Å². The monoisotopic (exact) mass is 389 g/mol. The summed E-state index contributed by atoms with van der Waals surface area (Å²) >= 11 is 0. The molecule has 0 aromatic heterocycles. The molecule has 6 nitrogen and oxygen atoms in total. The van der Waals surface area contributed by atoms with Gasteiger partial charge in [0.05, 0.1) is 0 Å². The second kappa shape index (κ2) is 9.50. The van der Waals surface area contributed by atoms with Gasteiger partial charge >= 0.3 is 6.03 Å². The first-order chi connectivity index (χ1) is 13.5. The van der Waals surface area contributed by atoms with Crippen molar-refractivity contribution in [1.82, 2.24) is 14.7 Å². The first kappa shape index (κ1) is 20.8. The number of benzene rings is 1. The van der Waals surface area contributed by atoms with E-state index in [1.54, 1.807) is 4.90 Å². The highest BCUT2D eigenvalue weighted by Gasteiger charge is 2.26. The summed E-state index contributed by atoms with van der Waals surface area (Å²) in [5, 5.41) is 0. The van der Waals surface area contributed by atoms with Gasteiger partial charge in [-0.2, -0.15) is 0 Å². The van der Waals surface area contributed by atoms with E-state index in [9.17, 15) is 4.79 Å². The smallest absolute Gasteiger partial charge is 0.319 e. The molecule has 3 rings (SSSR count). The Morgan fingerprint density at radius 3 is 2.50 bits per heavy atom. The number of rotatable bonds is 6. The minimum absolute atomic E-state index is 0.137. The average molecular weight is 390 g/mol. The summed E-state index contributed by atoms with van der Waals surface area (Å²) in [6.45, 7) is 9.70. The van der Waals surface area contributed by atoms with Crippen LogP contribution in [0.1, 0.15) is 32.3 Å². The number of piperidine rings is 1. The number of likely N-dealkylation sites (tertiary alicyclic amines) is 1. The minimum atomic E-state index is 0.137. The number of urea groups is 1. The van der Waals surface area contributed by atoms with Crippen molar-refractivity contribution in [2.45, 2.75) is 39.2 Å². The highest BCUT2D eigenvalue weighted by molar-refractivity contribution is 5.73. The molecular weight excluding hydrogens is 354 g/mol. The minimum Gasteiger partial charge on any atom is -0.486 e. The molecular formula is C22H35N3O3. The van der Waals surface area contributed by atoms with Crippen LogP contribution in [-0.2, 0) is 6.42 Å². The molecule has 6 heteroatoms. The third-order valence-corrected chi connectivity index (χ3v) is 5.93. The quantitative estimate of drug-likeness (QED) is 0.750. The third-order valence-electron chi connectivity index (χ3n) is 5.93. The lowest BCUT2D eigenvalue weighted by Gasteiger charge is -2.37. The summed E-state index contributed by atoms with van der Waals surface area (Å²) in [6.07, 6.45) is 3.18. The number of likely N-dealkylation sites (N-methyl/N-ethyl adjacent to an activating group) is 1. The first-order valence-electron chi connectivity index (χ1n) is 10.6. The molecule has 2 heterocycles. The van der Waals surface area contributed by atoms with Crippen LogP contribution in [0.5, 0.6) is 11.5 Å². The third kappa shape index (κ3) is 5.10. The van der Waals surface area contributed by atoms with E-state index in [4.69, 9.17) is 9.47 Å². The summed E-state index contributed by atoms with van der Waals surface area (Å²) in [5.74, 6) is 2.39. The van der Waals surface area contributed by atoms with Gasteiger partial charge in [0.2, 0.25) is 0 Å². The van der Waals surface area contributed by atoms with E-state index in [0.717, 1.165) is 56.9 Å². The van der Waals surface area contributed by atoms with Crippen molar-refractivity contribution in [3.8, 4) is 11.5 Å². The van der Waals surface area contributed by atoms with Crippen molar-refractivity contribution in [3.63, 3.8) is 0 Å². The molecule has 1 fully saturated rings. The molecule has 2 amide bonds. The van der Waals surface area contributed by atoms with Gasteiger partial charge in [0.25, 0.3) is 0 Å². The van der Waals surface area contributed by atoms with Crippen LogP contribution in [0.4, 0.5) is 4.79 Å². The fraction of sp³-hybridized carbons (Fsp3) is 0.682. The van der Waals surface area contributed by atoms with Gasteiger partial charge < -0.3 is 24.2 Å². The van der Waals surface area contributed by atoms with Gasteiger partial charge in [0.15, 0.2) is 11.5 Å². The maximum atomic E-state index is 12.1. The van der Waals surface area contributed by atoms with Gasteiger partial charge in [0, 0.05) is 39.8 Å². The number of carbonyl (C=O) groups excluding carboxylic acids is 1. The van der Waals surface area contributed by atoms with Crippen LogP contribution >= 0.6 is 0 Å². The predicted molar refractivity (Wildman–Crippen MR) is 111 cm³/mol. The highest BCUT2D eigenvalue weighted by Crippen LogP contribution is 2.31. The van der Waals surface area contributed by atoms with E-state index in [-0.39, 0.29) is 6.03 Å². The maximum Gasteiger partial charge on any atom is 0.319 e. The maximum absolute atomic E-state index is 12.1. The van der Waals surface area contributed by atoms with E-state index in [1.165, 1.54) is 5.56 Å². The van der Waals surface area contributed by atoms with Gasteiger partial charge in [-0.3, -0.25) is 0 Å². The Kier molecular flexibility index (Phi) is 7.05. The van der Waals surface area contributed by atoms with Crippen molar-refractivity contribution >= 4 is 6.03 Å². The Hall–Kier alpha value is -1.95. The number of ether oxygens (including phenoxy) is 2. The van der Waals surface area contributed by atoms with E-state index in [0.29, 0.717) is 25.2 Å². The summed E-state index contributed by atoms with van der Waals surface area (Å²) in [7, 11) is 3.65. The Morgan fingerprint density at radius 1 is 1.18 bits per heavy atom. The highest BCUT2D eigenvalue weighted by atomic mass is 16.6. The Labute approximate surface area is 169 Å². The van der Waals surface area contributed by atoms with Crippen LogP contribution in [0.15, 0.2) is 18.2 Å². The molecule has 28 heavy (non-hydrogen) atoms. The van der Waals surface area contributed by atoms with Gasteiger partial charge in [0.1, 0.15) is 13.2 Å².